The highest BCUT2D eigenvalue weighted by atomic mass is 32.2. The van der Waals surface area contributed by atoms with Crippen molar-refractivity contribution < 1.29 is 8.42 Å². The maximum atomic E-state index is 11.6. The van der Waals surface area contributed by atoms with Gasteiger partial charge in [0, 0.05) is 45.8 Å². The van der Waals surface area contributed by atoms with Gasteiger partial charge in [-0.3, -0.25) is 9.89 Å². The number of piperidine rings is 1. The van der Waals surface area contributed by atoms with E-state index in [9.17, 15) is 8.42 Å². The minimum Gasteiger partial charge on any atom is -0.356 e. The van der Waals surface area contributed by atoms with E-state index in [1.807, 2.05) is 7.05 Å². The summed E-state index contributed by atoms with van der Waals surface area (Å²) in [5.41, 5.74) is 0. The summed E-state index contributed by atoms with van der Waals surface area (Å²) in [6.07, 6.45) is 7.07. The molecule has 3 saturated heterocycles. The number of nitrogens with one attached hydrogen (secondary N) is 1. The van der Waals surface area contributed by atoms with Crippen LogP contribution in [-0.4, -0.2) is 93.6 Å². The van der Waals surface area contributed by atoms with Crippen LogP contribution in [0, 0.1) is 5.92 Å². The van der Waals surface area contributed by atoms with Gasteiger partial charge in [0.25, 0.3) is 0 Å². The van der Waals surface area contributed by atoms with Gasteiger partial charge >= 0.3 is 0 Å². The Kier molecular flexibility index (Phi) is 6.22. The van der Waals surface area contributed by atoms with Crippen molar-refractivity contribution >= 4 is 16.0 Å². The van der Waals surface area contributed by atoms with E-state index in [0.717, 1.165) is 38.4 Å². The van der Waals surface area contributed by atoms with E-state index in [-0.39, 0.29) is 0 Å². The fraction of sp³-hybridized carbons (Fsp3) is 0.941. The van der Waals surface area contributed by atoms with Crippen molar-refractivity contribution in [1.29, 1.82) is 0 Å². The third kappa shape index (κ3) is 4.86. The number of hydrogen-bond donors (Lipinski definition) is 1. The molecule has 25 heavy (non-hydrogen) atoms. The summed E-state index contributed by atoms with van der Waals surface area (Å²) in [5, 5.41) is 3.54. The molecule has 0 aliphatic carbocycles. The van der Waals surface area contributed by atoms with Crippen LogP contribution in [0.4, 0.5) is 0 Å². The van der Waals surface area contributed by atoms with Gasteiger partial charge in [0.15, 0.2) is 5.96 Å². The molecule has 3 rings (SSSR count). The van der Waals surface area contributed by atoms with Gasteiger partial charge in [-0.2, -0.15) is 0 Å². The molecular formula is C17H33N5O2S. The van der Waals surface area contributed by atoms with E-state index in [0.29, 0.717) is 25.0 Å². The molecule has 1 unspecified atom stereocenters. The molecule has 3 aliphatic rings. The average Bonchev–Trinajstić information content (AvgIpc) is 3.26. The third-order valence-corrected chi connectivity index (χ3v) is 7.23. The zero-order valence-corrected chi connectivity index (χ0v) is 16.5. The van der Waals surface area contributed by atoms with Crippen LogP contribution in [0.5, 0.6) is 0 Å². The first-order chi connectivity index (χ1) is 12.0. The normalized spacial score (nSPS) is 28.0. The van der Waals surface area contributed by atoms with Gasteiger partial charge in [-0.1, -0.05) is 0 Å². The number of nitrogens with zero attached hydrogens (tertiary/aromatic N) is 4. The van der Waals surface area contributed by atoms with Gasteiger partial charge in [0.05, 0.1) is 6.26 Å². The number of sulfonamides is 1. The summed E-state index contributed by atoms with van der Waals surface area (Å²) in [6, 6.07) is 0.680. The van der Waals surface area contributed by atoms with Crippen molar-refractivity contribution in [3.63, 3.8) is 0 Å². The highest BCUT2D eigenvalue weighted by Gasteiger charge is 2.31. The number of hydrogen-bond acceptors (Lipinski definition) is 4. The van der Waals surface area contributed by atoms with E-state index >= 15 is 0 Å². The van der Waals surface area contributed by atoms with Crippen molar-refractivity contribution in [2.24, 2.45) is 10.9 Å². The monoisotopic (exact) mass is 371 g/mol. The Balaban J connectivity index is 1.43. The van der Waals surface area contributed by atoms with Gasteiger partial charge in [-0.05, 0) is 51.1 Å². The minimum absolute atomic E-state index is 0.520. The van der Waals surface area contributed by atoms with Crippen LogP contribution in [-0.2, 0) is 10.0 Å². The van der Waals surface area contributed by atoms with E-state index in [4.69, 9.17) is 0 Å². The standard InChI is InChI=1S/C17H33N5O2S/c1-18-17(21-10-7-16(14-21)20-8-3-4-9-20)19-13-15-5-11-22(12-6-15)25(2,23)24/h15-16H,3-14H2,1-2H3,(H,18,19). The SMILES string of the molecule is CN=C(NCC1CCN(S(C)(=O)=O)CC1)N1CCC(N2CCCC2)C1. The van der Waals surface area contributed by atoms with E-state index < -0.39 is 10.0 Å². The smallest absolute Gasteiger partial charge is 0.211 e. The van der Waals surface area contributed by atoms with Gasteiger partial charge in [0.1, 0.15) is 0 Å². The van der Waals surface area contributed by atoms with Crippen LogP contribution in [0.2, 0.25) is 0 Å². The predicted octanol–water partition coefficient (Wildman–Crippen LogP) is 0.404. The Hall–Kier alpha value is -0.860. The van der Waals surface area contributed by atoms with Crippen molar-refractivity contribution in [2.75, 3.05) is 59.1 Å². The Labute approximate surface area is 152 Å². The van der Waals surface area contributed by atoms with E-state index in [1.54, 1.807) is 4.31 Å². The summed E-state index contributed by atoms with van der Waals surface area (Å²) in [5.74, 6) is 1.53. The quantitative estimate of drug-likeness (QED) is 0.572. The fourth-order valence-electron chi connectivity index (χ4n) is 4.35. The predicted molar refractivity (Wildman–Crippen MR) is 101 cm³/mol. The summed E-state index contributed by atoms with van der Waals surface area (Å²) >= 11 is 0. The van der Waals surface area contributed by atoms with Gasteiger partial charge in [0.2, 0.25) is 10.0 Å². The van der Waals surface area contributed by atoms with Crippen LogP contribution in [0.15, 0.2) is 4.99 Å². The van der Waals surface area contributed by atoms with Crippen LogP contribution in [0.1, 0.15) is 32.1 Å². The van der Waals surface area contributed by atoms with Crippen LogP contribution in [0.25, 0.3) is 0 Å². The minimum atomic E-state index is -3.04. The second kappa shape index (κ2) is 8.22. The first-order valence-electron chi connectivity index (χ1n) is 9.62. The molecule has 1 N–H and O–H groups in total. The van der Waals surface area contributed by atoms with Crippen LogP contribution < -0.4 is 5.32 Å². The molecule has 0 bridgehead atoms. The molecule has 0 aromatic heterocycles. The molecular weight excluding hydrogens is 338 g/mol. The van der Waals surface area contributed by atoms with Crippen molar-refractivity contribution in [3.05, 3.63) is 0 Å². The molecule has 3 aliphatic heterocycles. The summed E-state index contributed by atoms with van der Waals surface area (Å²) < 4.78 is 24.8. The molecule has 0 aromatic rings. The van der Waals surface area contributed by atoms with Gasteiger partial charge in [-0.15, -0.1) is 0 Å². The topological polar surface area (TPSA) is 68.2 Å². The van der Waals surface area contributed by atoms with Crippen molar-refractivity contribution in [2.45, 2.75) is 38.1 Å². The largest absolute Gasteiger partial charge is 0.356 e. The molecule has 0 amide bonds. The Bertz CT molecular complexity index is 566. The lowest BCUT2D eigenvalue weighted by atomic mass is 9.98. The summed E-state index contributed by atoms with van der Waals surface area (Å²) in [4.78, 5) is 9.49. The number of aliphatic imine (C=N–C) groups is 1. The fourth-order valence-corrected chi connectivity index (χ4v) is 5.23. The average molecular weight is 372 g/mol. The van der Waals surface area contributed by atoms with Gasteiger partial charge in [-0.25, -0.2) is 12.7 Å². The lowest BCUT2D eigenvalue weighted by Gasteiger charge is -2.31. The highest BCUT2D eigenvalue weighted by molar-refractivity contribution is 7.88. The molecule has 0 aromatic carbocycles. The lowest BCUT2D eigenvalue weighted by Crippen LogP contribution is -2.46. The van der Waals surface area contributed by atoms with Crippen molar-refractivity contribution in [3.8, 4) is 0 Å². The Morgan fingerprint density at radius 2 is 1.76 bits per heavy atom. The van der Waals surface area contributed by atoms with E-state index in [1.165, 1.54) is 38.6 Å². The number of rotatable bonds is 4. The molecule has 0 radical (unpaired) electrons. The first-order valence-corrected chi connectivity index (χ1v) is 11.5. The maximum absolute atomic E-state index is 11.6. The molecule has 0 saturated carbocycles. The Morgan fingerprint density at radius 3 is 2.36 bits per heavy atom. The highest BCUT2D eigenvalue weighted by Crippen LogP contribution is 2.21. The lowest BCUT2D eigenvalue weighted by molar-refractivity contribution is 0.248. The summed E-state index contributed by atoms with van der Waals surface area (Å²) in [7, 11) is -1.18. The number of likely N-dealkylation sites (tertiary alicyclic amines) is 2. The van der Waals surface area contributed by atoms with Gasteiger partial charge < -0.3 is 10.2 Å². The third-order valence-electron chi connectivity index (χ3n) is 5.92. The molecule has 144 valence electrons. The first kappa shape index (κ1) is 18.9. The van der Waals surface area contributed by atoms with E-state index in [2.05, 4.69) is 20.1 Å². The molecule has 1 atom stereocenters. The zero-order chi connectivity index (χ0) is 17.9. The van der Waals surface area contributed by atoms with Crippen molar-refractivity contribution in [1.82, 2.24) is 19.4 Å². The molecule has 8 heteroatoms. The molecule has 3 heterocycles. The second-order valence-electron chi connectivity index (χ2n) is 7.67. The zero-order valence-electron chi connectivity index (χ0n) is 15.7. The molecule has 0 spiro atoms. The van der Waals surface area contributed by atoms with Crippen LogP contribution >= 0.6 is 0 Å². The number of guanidine groups is 1. The second-order valence-corrected chi connectivity index (χ2v) is 9.65. The summed E-state index contributed by atoms with van der Waals surface area (Å²) in [6.45, 7) is 6.83. The molecule has 7 nitrogen and oxygen atoms in total. The Morgan fingerprint density at radius 1 is 1.08 bits per heavy atom. The molecule has 3 fully saturated rings. The van der Waals surface area contributed by atoms with Crippen LogP contribution in [0.3, 0.4) is 0 Å². The maximum Gasteiger partial charge on any atom is 0.211 e.